The maximum Gasteiger partial charge on any atom is 0.165 e. The predicted octanol–water partition coefficient (Wildman–Crippen LogP) is -0.336. The average Bonchev–Trinajstić information content (AvgIpc) is 3.36. The summed E-state index contributed by atoms with van der Waals surface area (Å²) >= 11 is 0. The van der Waals surface area contributed by atoms with Gasteiger partial charge in [0.25, 0.3) is 0 Å². The number of aliphatic hydroxyl groups excluding tert-OH is 2. The summed E-state index contributed by atoms with van der Waals surface area (Å²) in [6.07, 6.45) is 6.21. The molecule has 1 spiro atoms. The zero-order valence-electron chi connectivity index (χ0n) is 15.2. The third-order valence-corrected chi connectivity index (χ3v) is 6.53. The van der Waals surface area contributed by atoms with E-state index in [1.807, 2.05) is 0 Å². The zero-order chi connectivity index (χ0) is 18.4. The van der Waals surface area contributed by atoms with Crippen molar-refractivity contribution < 1.29 is 14.9 Å². The molecule has 3 aliphatic heterocycles. The van der Waals surface area contributed by atoms with Crippen LogP contribution >= 0.6 is 0 Å². The smallest absolute Gasteiger partial charge is 0.165 e. The van der Waals surface area contributed by atoms with Crippen LogP contribution in [0.1, 0.15) is 31.9 Å². The van der Waals surface area contributed by atoms with Crippen LogP contribution in [0, 0.1) is 0 Å². The molecule has 3 N–H and O–H groups in total. The summed E-state index contributed by atoms with van der Waals surface area (Å²) in [5.74, 6) is 0. The minimum atomic E-state index is -1.02. The molecule has 9 heteroatoms. The van der Waals surface area contributed by atoms with Crippen LogP contribution in [0.5, 0.6) is 0 Å². The van der Waals surface area contributed by atoms with Crippen molar-refractivity contribution in [2.75, 3.05) is 26.2 Å². The first-order valence-corrected chi connectivity index (χ1v) is 9.78. The summed E-state index contributed by atoms with van der Waals surface area (Å²) in [6, 6.07) is 0. The van der Waals surface area contributed by atoms with E-state index in [-0.39, 0.29) is 5.54 Å². The van der Waals surface area contributed by atoms with Gasteiger partial charge in [-0.1, -0.05) is 0 Å². The normalized spacial score (nSPS) is 34.0. The Morgan fingerprint density at radius 3 is 2.89 bits per heavy atom. The molecule has 0 bridgehead atoms. The van der Waals surface area contributed by atoms with E-state index in [0.717, 1.165) is 32.5 Å². The van der Waals surface area contributed by atoms with Crippen molar-refractivity contribution in [1.82, 2.24) is 29.7 Å². The first-order valence-electron chi connectivity index (χ1n) is 9.78. The third kappa shape index (κ3) is 2.85. The van der Waals surface area contributed by atoms with Crippen molar-refractivity contribution in [2.24, 2.45) is 0 Å². The van der Waals surface area contributed by atoms with Crippen LogP contribution in [0.2, 0.25) is 0 Å². The van der Waals surface area contributed by atoms with Gasteiger partial charge in [-0.3, -0.25) is 9.47 Å². The van der Waals surface area contributed by atoms with Crippen LogP contribution in [-0.4, -0.2) is 84.7 Å². The van der Waals surface area contributed by atoms with Gasteiger partial charge in [0.1, 0.15) is 30.2 Å². The minimum absolute atomic E-state index is 0.215. The van der Waals surface area contributed by atoms with E-state index in [1.54, 1.807) is 17.1 Å². The number of hydrogen-bond acceptors (Lipinski definition) is 8. The Kier molecular flexibility index (Phi) is 4.36. The molecule has 0 aliphatic carbocycles. The molecule has 0 aromatic carbocycles. The van der Waals surface area contributed by atoms with Crippen molar-refractivity contribution in [2.45, 2.75) is 55.8 Å². The van der Waals surface area contributed by atoms with E-state index >= 15 is 0 Å². The van der Waals surface area contributed by atoms with E-state index in [2.05, 4.69) is 25.2 Å². The van der Waals surface area contributed by atoms with E-state index in [0.29, 0.717) is 17.7 Å². The molecule has 3 fully saturated rings. The fraction of sp³-hybridized carbons (Fsp3) is 0.722. The van der Waals surface area contributed by atoms with Gasteiger partial charge in [0.15, 0.2) is 11.9 Å². The van der Waals surface area contributed by atoms with Crippen LogP contribution in [-0.2, 0) is 4.74 Å². The highest BCUT2D eigenvalue weighted by Gasteiger charge is 2.48. The molecular weight excluding hydrogens is 348 g/mol. The predicted molar refractivity (Wildman–Crippen MR) is 96.9 cm³/mol. The molecular formula is C18H26N6O3. The number of rotatable bonds is 3. The molecule has 0 amide bonds. The number of imidazole rings is 1. The molecule has 3 aliphatic rings. The molecule has 0 saturated carbocycles. The quantitative estimate of drug-likeness (QED) is 0.670. The average molecular weight is 374 g/mol. The largest absolute Gasteiger partial charge is 0.387 e. The van der Waals surface area contributed by atoms with Gasteiger partial charge in [0.05, 0.1) is 12.5 Å². The van der Waals surface area contributed by atoms with Crippen LogP contribution in [0.25, 0.3) is 11.2 Å². The molecule has 0 unspecified atom stereocenters. The lowest BCUT2D eigenvalue weighted by Gasteiger charge is -2.43. The second kappa shape index (κ2) is 6.75. The second-order valence-corrected chi connectivity index (χ2v) is 7.95. The number of hydrogen-bond donors (Lipinski definition) is 3. The van der Waals surface area contributed by atoms with Crippen molar-refractivity contribution >= 4 is 11.2 Å². The SMILES string of the molecule is O[C@@H]1[C@H](O)[C@@H](CN2CCCC23CCNCC3)O[C@H]1n1cnc2cncnc21. The van der Waals surface area contributed by atoms with Crippen molar-refractivity contribution in [3.63, 3.8) is 0 Å². The Hall–Kier alpha value is -1.65. The molecule has 27 heavy (non-hydrogen) atoms. The van der Waals surface area contributed by atoms with Crippen LogP contribution < -0.4 is 5.32 Å². The van der Waals surface area contributed by atoms with Crippen molar-refractivity contribution in [1.29, 1.82) is 0 Å². The Morgan fingerprint density at radius 2 is 2.04 bits per heavy atom. The summed E-state index contributed by atoms with van der Waals surface area (Å²) in [5, 5.41) is 24.7. The Labute approximate surface area is 157 Å². The molecule has 5 heterocycles. The van der Waals surface area contributed by atoms with Crippen molar-refractivity contribution in [3.8, 4) is 0 Å². The van der Waals surface area contributed by atoms with E-state index in [4.69, 9.17) is 4.74 Å². The number of nitrogens with one attached hydrogen (secondary N) is 1. The summed E-state index contributed by atoms with van der Waals surface area (Å²) in [5.41, 5.74) is 1.45. The van der Waals surface area contributed by atoms with Gasteiger partial charge in [-0.25, -0.2) is 15.0 Å². The molecule has 0 radical (unpaired) electrons. The molecule has 2 aromatic rings. The second-order valence-electron chi connectivity index (χ2n) is 7.95. The highest BCUT2D eigenvalue weighted by atomic mass is 16.6. The third-order valence-electron chi connectivity index (χ3n) is 6.53. The highest BCUT2D eigenvalue weighted by Crippen LogP contribution is 2.39. The summed E-state index contributed by atoms with van der Waals surface area (Å²) in [7, 11) is 0. The maximum atomic E-state index is 10.7. The molecule has 4 atom stereocenters. The van der Waals surface area contributed by atoms with E-state index < -0.39 is 24.5 Å². The van der Waals surface area contributed by atoms with E-state index in [1.165, 1.54) is 19.2 Å². The lowest BCUT2D eigenvalue weighted by molar-refractivity contribution is -0.0544. The molecule has 5 rings (SSSR count). The molecule has 9 nitrogen and oxygen atoms in total. The van der Waals surface area contributed by atoms with Crippen LogP contribution in [0.4, 0.5) is 0 Å². The van der Waals surface area contributed by atoms with Gasteiger partial charge >= 0.3 is 0 Å². The van der Waals surface area contributed by atoms with Gasteiger partial charge < -0.3 is 20.3 Å². The fourth-order valence-corrected chi connectivity index (χ4v) is 5.04. The van der Waals surface area contributed by atoms with Gasteiger partial charge in [-0.2, -0.15) is 0 Å². The fourth-order valence-electron chi connectivity index (χ4n) is 5.04. The van der Waals surface area contributed by atoms with E-state index in [9.17, 15) is 10.2 Å². The lowest BCUT2D eigenvalue weighted by atomic mass is 9.85. The number of ether oxygens (including phenoxy) is 1. The Morgan fingerprint density at radius 1 is 1.19 bits per heavy atom. The van der Waals surface area contributed by atoms with Gasteiger partial charge in [-0.05, 0) is 45.3 Å². The standard InChI is InChI=1S/C18H26N6O3/c25-14-13(9-23-7-1-2-18(23)3-5-19-6-4-18)27-17(15(14)26)24-11-22-12-8-20-10-21-16(12)24/h8,10-11,13-15,17,19,25-26H,1-7,9H2/t13-,14-,15-,17-/m1/s1. The first kappa shape index (κ1) is 17.4. The highest BCUT2D eigenvalue weighted by molar-refractivity contribution is 5.68. The summed E-state index contributed by atoms with van der Waals surface area (Å²) < 4.78 is 7.83. The topological polar surface area (TPSA) is 109 Å². The monoisotopic (exact) mass is 374 g/mol. The Balaban J connectivity index is 1.36. The number of aromatic nitrogens is 4. The number of aliphatic hydroxyl groups is 2. The van der Waals surface area contributed by atoms with Crippen molar-refractivity contribution in [3.05, 3.63) is 18.9 Å². The summed E-state index contributed by atoms with van der Waals surface area (Å²) in [4.78, 5) is 15.0. The number of fused-ring (bicyclic) bond motifs is 1. The van der Waals surface area contributed by atoms with Crippen LogP contribution in [0.15, 0.2) is 18.9 Å². The number of likely N-dealkylation sites (tertiary alicyclic amines) is 1. The molecule has 146 valence electrons. The van der Waals surface area contributed by atoms with Crippen LogP contribution in [0.3, 0.4) is 0 Å². The first-order chi connectivity index (χ1) is 13.2. The number of nitrogens with zero attached hydrogens (tertiary/aromatic N) is 5. The molecule has 3 saturated heterocycles. The van der Waals surface area contributed by atoms with Gasteiger partial charge in [-0.15, -0.1) is 0 Å². The minimum Gasteiger partial charge on any atom is -0.387 e. The summed E-state index contributed by atoms with van der Waals surface area (Å²) in [6.45, 7) is 3.73. The van der Waals surface area contributed by atoms with Gasteiger partial charge in [0.2, 0.25) is 0 Å². The molecule has 2 aromatic heterocycles. The zero-order valence-corrected chi connectivity index (χ0v) is 15.2. The van der Waals surface area contributed by atoms with Gasteiger partial charge in [0, 0.05) is 12.1 Å². The lowest BCUT2D eigenvalue weighted by Crippen LogP contribution is -2.54. The Bertz CT molecular complexity index is 807. The maximum absolute atomic E-state index is 10.7. The number of piperidine rings is 1.